The fourth-order valence-electron chi connectivity index (χ4n) is 2.25. The molecule has 0 unspecified atom stereocenters. The third-order valence-corrected chi connectivity index (χ3v) is 3.76. The lowest BCUT2D eigenvalue weighted by atomic mass is 9.96. The van der Waals surface area contributed by atoms with Crippen LogP contribution in [0.4, 0.5) is 5.69 Å². The Balaban J connectivity index is 1.99. The number of ether oxygens (including phenoxy) is 1. The lowest BCUT2D eigenvalue weighted by Gasteiger charge is -2.22. The minimum atomic E-state index is -0.456. The van der Waals surface area contributed by atoms with E-state index in [1.54, 1.807) is 12.1 Å². The Labute approximate surface area is 121 Å². The summed E-state index contributed by atoms with van der Waals surface area (Å²) >= 11 is 6.00. The fourth-order valence-corrected chi connectivity index (χ4v) is 2.48. The van der Waals surface area contributed by atoms with Crippen LogP contribution >= 0.6 is 11.6 Å². The first-order chi connectivity index (χ1) is 9.61. The second-order valence-corrected chi connectivity index (χ2v) is 5.08. The van der Waals surface area contributed by atoms with Gasteiger partial charge < -0.3 is 9.94 Å². The standard InChI is InChI=1S/C13H15ClN2O4/c14-12-2-1-3-13(16(18)19)11(12)8-20-10-6-4-9(15-17)5-7-10/h1-3,10,17H,4-8H2. The molecule has 1 fully saturated rings. The molecule has 0 aliphatic heterocycles. The summed E-state index contributed by atoms with van der Waals surface area (Å²) < 4.78 is 5.71. The third kappa shape index (κ3) is 3.46. The number of halogens is 1. The second-order valence-electron chi connectivity index (χ2n) is 4.67. The van der Waals surface area contributed by atoms with Gasteiger partial charge in [-0.05, 0) is 31.7 Å². The van der Waals surface area contributed by atoms with Crippen molar-refractivity contribution in [2.75, 3.05) is 0 Å². The zero-order chi connectivity index (χ0) is 14.5. The largest absolute Gasteiger partial charge is 0.411 e. The molecule has 0 saturated heterocycles. The molecule has 0 amide bonds. The zero-order valence-electron chi connectivity index (χ0n) is 10.8. The van der Waals surface area contributed by atoms with Crippen LogP contribution in [0.3, 0.4) is 0 Å². The highest BCUT2D eigenvalue weighted by Gasteiger charge is 2.21. The van der Waals surface area contributed by atoms with Crippen molar-refractivity contribution in [3.63, 3.8) is 0 Å². The van der Waals surface area contributed by atoms with E-state index in [0.29, 0.717) is 23.4 Å². The summed E-state index contributed by atoms with van der Waals surface area (Å²) in [4.78, 5) is 10.5. The van der Waals surface area contributed by atoms with Gasteiger partial charge in [0, 0.05) is 6.07 Å². The van der Waals surface area contributed by atoms with Gasteiger partial charge in [-0.25, -0.2) is 0 Å². The summed E-state index contributed by atoms with van der Waals surface area (Å²) in [5.41, 5.74) is 1.15. The molecule has 7 heteroatoms. The predicted octanol–water partition coefficient (Wildman–Crippen LogP) is 3.54. The molecule has 0 bridgehead atoms. The number of hydrogen-bond donors (Lipinski definition) is 1. The average Bonchev–Trinajstić information content (AvgIpc) is 2.46. The van der Waals surface area contributed by atoms with Gasteiger partial charge in [-0.15, -0.1) is 0 Å². The second kappa shape index (κ2) is 6.67. The summed E-state index contributed by atoms with van der Waals surface area (Å²) in [6, 6.07) is 4.58. The van der Waals surface area contributed by atoms with Crippen molar-refractivity contribution in [1.29, 1.82) is 0 Å². The first-order valence-corrected chi connectivity index (χ1v) is 6.72. The molecule has 1 aliphatic rings. The number of rotatable bonds is 4. The van der Waals surface area contributed by atoms with Crippen LogP contribution in [0, 0.1) is 10.1 Å². The molecule has 1 aliphatic carbocycles. The van der Waals surface area contributed by atoms with Gasteiger partial charge in [-0.3, -0.25) is 10.1 Å². The highest BCUT2D eigenvalue weighted by Crippen LogP contribution is 2.28. The Morgan fingerprint density at radius 2 is 2.15 bits per heavy atom. The molecular formula is C13H15ClN2O4. The summed E-state index contributed by atoms with van der Waals surface area (Å²) in [5, 5.41) is 23.2. The van der Waals surface area contributed by atoms with Gasteiger partial charge in [-0.2, -0.15) is 0 Å². The summed E-state index contributed by atoms with van der Waals surface area (Å²) in [6.45, 7) is 0.117. The summed E-state index contributed by atoms with van der Waals surface area (Å²) in [6.07, 6.45) is 2.88. The molecule has 6 nitrogen and oxygen atoms in total. The number of nitro benzene ring substituents is 1. The lowest BCUT2D eigenvalue weighted by molar-refractivity contribution is -0.386. The monoisotopic (exact) mass is 298 g/mol. The van der Waals surface area contributed by atoms with E-state index in [2.05, 4.69) is 5.16 Å². The number of benzene rings is 1. The van der Waals surface area contributed by atoms with Crippen molar-refractivity contribution in [3.8, 4) is 0 Å². The van der Waals surface area contributed by atoms with Gasteiger partial charge in [0.15, 0.2) is 0 Å². The smallest absolute Gasteiger partial charge is 0.276 e. The normalized spacial score (nSPS) is 18.9. The molecule has 1 aromatic carbocycles. The Morgan fingerprint density at radius 1 is 1.45 bits per heavy atom. The van der Waals surface area contributed by atoms with Crippen LogP contribution in [0.5, 0.6) is 0 Å². The van der Waals surface area contributed by atoms with E-state index in [1.807, 2.05) is 0 Å². The Bertz CT molecular complexity index is 523. The van der Waals surface area contributed by atoms with E-state index >= 15 is 0 Å². The highest BCUT2D eigenvalue weighted by molar-refractivity contribution is 6.31. The van der Waals surface area contributed by atoms with Crippen LogP contribution in [-0.2, 0) is 11.3 Å². The van der Waals surface area contributed by atoms with E-state index in [1.165, 1.54) is 6.07 Å². The van der Waals surface area contributed by atoms with Gasteiger partial charge >= 0.3 is 0 Å². The summed E-state index contributed by atoms with van der Waals surface area (Å²) in [7, 11) is 0. The first kappa shape index (κ1) is 14.7. The average molecular weight is 299 g/mol. The topological polar surface area (TPSA) is 85.0 Å². The minimum absolute atomic E-state index is 0.0105. The van der Waals surface area contributed by atoms with Gasteiger partial charge in [-0.1, -0.05) is 22.8 Å². The predicted molar refractivity (Wildman–Crippen MR) is 74.4 cm³/mol. The van der Waals surface area contributed by atoms with Crippen molar-refractivity contribution in [2.45, 2.75) is 38.4 Å². The Hall–Kier alpha value is -1.66. The van der Waals surface area contributed by atoms with E-state index in [-0.39, 0.29) is 18.4 Å². The molecule has 1 N–H and O–H groups in total. The molecule has 108 valence electrons. The summed E-state index contributed by atoms with van der Waals surface area (Å²) in [5.74, 6) is 0. The Kier molecular flexibility index (Phi) is 4.92. The number of hydrogen-bond acceptors (Lipinski definition) is 5. The van der Waals surface area contributed by atoms with Crippen molar-refractivity contribution >= 4 is 23.0 Å². The number of nitrogens with zero attached hydrogens (tertiary/aromatic N) is 2. The van der Waals surface area contributed by atoms with E-state index < -0.39 is 4.92 Å². The van der Waals surface area contributed by atoms with Crippen molar-refractivity contribution in [1.82, 2.24) is 0 Å². The molecule has 2 rings (SSSR count). The van der Waals surface area contributed by atoms with Crippen molar-refractivity contribution < 1.29 is 14.9 Å². The molecule has 20 heavy (non-hydrogen) atoms. The van der Waals surface area contributed by atoms with Gasteiger partial charge in [0.05, 0.1) is 33.9 Å². The highest BCUT2D eigenvalue weighted by atomic mass is 35.5. The van der Waals surface area contributed by atoms with E-state index in [4.69, 9.17) is 21.5 Å². The van der Waals surface area contributed by atoms with E-state index in [0.717, 1.165) is 18.6 Å². The molecular weight excluding hydrogens is 284 g/mol. The van der Waals surface area contributed by atoms with Crippen LogP contribution in [0.2, 0.25) is 5.02 Å². The van der Waals surface area contributed by atoms with Crippen molar-refractivity contribution in [3.05, 3.63) is 38.9 Å². The molecule has 0 spiro atoms. The third-order valence-electron chi connectivity index (χ3n) is 3.41. The van der Waals surface area contributed by atoms with Crippen LogP contribution in [0.25, 0.3) is 0 Å². The Morgan fingerprint density at radius 3 is 2.75 bits per heavy atom. The SMILES string of the molecule is O=[N+]([O-])c1cccc(Cl)c1COC1CCC(=NO)CC1. The maximum absolute atomic E-state index is 11.0. The number of nitro groups is 1. The first-order valence-electron chi connectivity index (χ1n) is 6.35. The molecule has 1 saturated carbocycles. The number of oxime groups is 1. The van der Waals surface area contributed by atoms with Crippen LogP contribution in [0.1, 0.15) is 31.2 Å². The van der Waals surface area contributed by atoms with Crippen molar-refractivity contribution in [2.24, 2.45) is 5.16 Å². The van der Waals surface area contributed by atoms with Crippen LogP contribution < -0.4 is 0 Å². The molecule has 0 aromatic heterocycles. The van der Waals surface area contributed by atoms with Gasteiger partial charge in [0.1, 0.15) is 0 Å². The lowest BCUT2D eigenvalue weighted by Crippen LogP contribution is -2.21. The van der Waals surface area contributed by atoms with Crippen LogP contribution in [-0.4, -0.2) is 21.9 Å². The van der Waals surface area contributed by atoms with Crippen LogP contribution in [0.15, 0.2) is 23.4 Å². The fraction of sp³-hybridized carbons (Fsp3) is 0.462. The molecule has 0 radical (unpaired) electrons. The minimum Gasteiger partial charge on any atom is -0.411 e. The quantitative estimate of drug-likeness (QED) is 0.523. The maximum Gasteiger partial charge on any atom is 0.276 e. The van der Waals surface area contributed by atoms with E-state index in [9.17, 15) is 10.1 Å². The van der Waals surface area contributed by atoms with Gasteiger partial charge in [0.25, 0.3) is 5.69 Å². The maximum atomic E-state index is 11.0. The molecule has 0 atom stereocenters. The molecule has 0 heterocycles. The van der Waals surface area contributed by atoms with Gasteiger partial charge in [0.2, 0.25) is 0 Å². The molecule has 1 aromatic rings. The zero-order valence-corrected chi connectivity index (χ0v) is 11.5.